The van der Waals surface area contributed by atoms with Crippen LogP contribution in [0.3, 0.4) is 0 Å². The monoisotopic (exact) mass is 419 g/mol. The summed E-state index contributed by atoms with van der Waals surface area (Å²) in [6.45, 7) is 0.783. The number of para-hydroxylation sites is 1. The Balaban J connectivity index is 1.37. The fourth-order valence-corrected chi connectivity index (χ4v) is 4.92. The maximum Gasteiger partial charge on any atom is 0.262 e. The fraction of sp³-hybridized carbons (Fsp3) is 0.273. The van der Waals surface area contributed by atoms with E-state index >= 15 is 0 Å². The third-order valence-corrected chi connectivity index (χ3v) is 6.48. The van der Waals surface area contributed by atoms with Crippen LogP contribution in [0.25, 0.3) is 16.7 Å². The Morgan fingerprint density at radius 2 is 2.07 bits per heavy atom. The SMILES string of the molecule is O=C(CCc1nc2c(cnn2-c2ccccc2)c(=O)[nH]1)N1CCCC1c1cccs1. The van der Waals surface area contributed by atoms with Gasteiger partial charge < -0.3 is 9.88 Å². The smallest absolute Gasteiger partial charge is 0.262 e. The maximum absolute atomic E-state index is 12.9. The number of aryl methyl sites for hydroxylation is 1. The van der Waals surface area contributed by atoms with Gasteiger partial charge in [0.1, 0.15) is 11.2 Å². The maximum atomic E-state index is 12.9. The van der Waals surface area contributed by atoms with Crippen LogP contribution in [0.4, 0.5) is 0 Å². The predicted octanol–water partition coefficient (Wildman–Crippen LogP) is 3.47. The molecule has 7 nitrogen and oxygen atoms in total. The molecule has 1 amide bonds. The van der Waals surface area contributed by atoms with Gasteiger partial charge in [-0.25, -0.2) is 9.67 Å². The molecule has 0 radical (unpaired) electrons. The lowest BCUT2D eigenvalue weighted by Gasteiger charge is -2.23. The van der Waals surface area contributed by atoms with Gasteiger partial charge in [0.2, 0.25) is 5.91 Å². The van der Waals surface area contributed by atoms with Crippen LogP contribution in [0, 0.1) is 0 Å². The van der Waals surface area contributed by atoms with E-state index in [1.54, 1.807) is 16.0 Å². The molecule has 30 heavy (non-hydrogen) atoms. The van der Waals surface area contributed by atoms with Crippen LogP contribution in [0.1, 0.15) is 36.0 Å². The molecule has 0 spiro atoms. The first kappa shape index (κ1) is 18.7. The Bertz CT molecular complexity index is 1230. The van der Waals surface area contributed by atoms with Crippen molar-refractivity contribution in [3.63, 3.8) is 0 Å². The molecular formula is C22H21N5O2S. The quantitative estimate of drug-likeness (QED) is 0.537. The summed E-state index contributed by atoms with van der Waals surface area (Å²) in [6.07, 6.45) is 4.25. The van der Waals surface area contributed by atoms with E-state index in [0.717, 1.165) is 25.1 Å². The summed E-state index contributed by atoms with van der Waals surface area (Å²) in [7, 11) is 0. The minimum absolute atomic E-state index is 0.102. The van der Waals surface area contributed by atoms with Crippen LogP contribution < -0.4 is 5.56 Å². The molecule has 1 N–H and O–H groups in total. The highest BCUT2D eigenvalue weighted by atomic mass is 32.1. The molecule has 4 aromatic rings. The number of aromatic amines is 1. The van der Waals surface area contributed by atoms with Crippen molar-refractivity contribution >= 4 is 28.3 Å². The van der Waals surface area contributed by atoms with Crippen LogP contribution in [-0.4, -0.2) is 37.1 Å². The van der Waals surface area contributed by atoms with Crippen LogP contribution in [0.5, 0.6) is 0 Å². The number of benzene rings is 1. The van der Waals surface area contributed by atoms with Crippen molar-refractivity contribution in [3.05, 3.63) is 75.1 Å². The predicted molar refractivity (Wildman–Crippen MR) is 116 cm³/mol. The zero-order valence-corrected chi connectivity index (χ0v) is 17.1. The van der Waals surface area contributed by atoms with Gasteiger partial charge in [0.05, 0.1) is 17.9 Å². The first-order chi connectivity index (χ1) is 14.7. The minimum Gasteiger partial charge on any atom is -0.335 e. The highest BCUT2D eigenvalue weighted by molar-refractivity contribution is 7.10. The summed E-state index contributed by atoms with van der Waals surface area (Å²) in [6, 6.07) is 13.9. The van der Waals surface area contributed by atoms with E-state index in [4.69, 9.17) is 0 Å². The summed E-state index contributed by atoms with van der Waals surface area (Å²) < 4.78 is 1.66. The number of carbonyl (C=O) groups excluding carboxylic acids is 1. The molecule has 0 bridgehead atoms. The lowest BCUT2D eigenvalue weighted by Crippen LogP contribution is -2.30. The van der Waals surface area contributed by atoms with E-state index in [2.05, 4.69) is 26.5 Å². The first-order valence-corrected chi connectivity index (χ1v) is 10.9. The van der Waals surface area contributed by atoms with E-state index in [-0.39, 0.29) is 17.5 Å². The van der Waals surface area contributed by atoms with Gasteiger partial charge in [0.25, 0.3) is 5.56 Å². The lowest BCUT2D eigenvalue weighted by molar-refractivity contribution is -0.132. The molecule has 1 unspecified atom stereocenters. The van der Waals surface area contributed by atoms with Crippen molar-refractivity contribution in [2.45, 2.75) is 31.7 Å². The number of thiophene rings is 1. The van der Waals surface area contributed by atoms with Crippen molar-refractivity contribution in [2.24, 2.45) is 0 Å². The Kier molecular flexibility index (Phi) is 4.92. The zero-order chi connectivity index (χ0) is 20.5. The number of amides is 1. The highest BCUT2D eigenvalue weighted by Crippen LogP contribution is 2.34. The Labute approximate surface area is 177 Å². The van der Waals surface area contributed by atoms with Gasteiger partial charge in [-0.2, -0.15) is 5.10 Å². The molecule has 8 heteroatoms. The summed E-state index contributed by atoms with van der Waals surface area (Å²) in [5, 5.41) is 6.81. The summed E-state index contributed by atoms with van der Waals surface area (Å²) in [5.41, 5.74) is 1.11. The average molecular weight is 420 g/mol. The zero-order valence-electron chi connectivity index (χ0n) is 16.3. The van der Waals surface area contributed by atoms with Gasteiger partial charge in [-0.05, 0) is 36.4 Å². The number of carbonyl (C=O) groups is 1. The Morgan fingerprint density at radius 3 is 2.87 bits per heavy atom. The Morgan fingerprint density at radius 1 is 1.20 bits per heavy atom. The van der Waals surface area contributed by atoms with Crippen molar-refractivity contribution in [1.29, 1.82) is 0 Å². The number of hydrogen-bond donors (Lipinski definition) is 1. The third-order valence-electron chi connectivity index (χ3n) is 5.51. The average Bonchev–Trinajstić information content (AvgIpc) is 3.52. The van der Waals surface area contributed by atoms with E-state index in [1.165, 1.54) is 11.1 Å². The number of hydrogen-bond acceptors (Lipinski definition) is 5. The number of nitrogens with one attached hydrogen (secondary N) is 1. The van der Waals surface area contributed by atoms with Crippen molar-refractivity contribution < 1.29 is 4.79 Å². The molecule has 1 aromatic carbocycles. The third kappa shape index (κ3) is 3.43. The molecule has 0 aliphatic carbocycles. The largest absolute Gasteiger partial charge is 0.335 e. The molecule has 3 aromatic heterocycles. The second-order valence-corrected chi connectivity index (χ2v) is 8.38. The second kappa shape index (κ2) is 7.87. The van der Waals surface area contributed by atoms with Gasteiger partial charge >= 0.3 is 0 Å². The number of aromatic nitrogens is 4. The summed E-state index contributed by atoms with van der Waals surface area (Å²) >= 11 is 1.70. The topological polar surface area (TPSA) is 83.9 Å². The van der Waals surface area contributed by atoms with Gasteiger partial charge in [-0.3, -0.25) is 9.59 Å². The Hall–Kier alpha value is -3.26. The van der Waals surface area contributed by atoms with E-state index < -0.39 is 0 Å². The molecule has 5 rings (SSSR count). The van der Waals surface area contributed by atoms with Crippen molar-refractivity contribution in [1.82, 2.24) is 24.6 Å². The molecule has 1 saturated heterocycles. The van der Waals surface area contributed by atoms with Crippen LogP contribution >= 0.6 is 11.3 Å². The number of likely N-dealkylation sites (tertiary alicyclic amines) is 1. The summed E-state index contributed by atoms with van der Waals surface area (Å²) in [5.74, 6) is 0.607. The standard InChI is InChI=1S/C22H21N5O2S/c28-20(26-12-4-8-17(26)18-9-5-13-30-18)11-10-19-24-21-16(22(29)25-19)14-23-27(21)15-6-2-1-3-7-15/h1-3,5-7,9,13-14,17H,4,8,10-12H2,(H,24,25,29). The van der Waals surface area contributed by atoms with Crippen molar-refractivity contribution in [3.8, 4) is 5.69 Å². The van der Waals surface area contributed by atoms with Gasteiger partial charge in [-0.1, -0.05) is 24.3 Å². The lowest BCUT2D eigenvalue weighted by atomic mass is 10.1. The number of fused-ring (bicyclic) bond motifs is 1. The summed E-state index contributed by atoms with van der Waals surface area (Å²) in [4.78, 5) is 36.0. The van der Waals surface area contributed by atoms with Crippen LogP contribution in [0.15, 0.2) is 58.8 Å². The normalized spacial score (nSPS) is 16.4. The van der Waals surface area contributed by atoms with Gasteiger partial charge in [-0.15, -0.1) is 11.3 Å². The van der Waals surface area contributed by atoms with Crippen LogP contribution in [0.2, 0.25) is 0 Å². The molecule has 4 heterocycles. The van der Waals surface area contributed by atoms with Gasteiger partial charge in [0, 0.05) is 24.3 Å². The highest BCUT2D eigenvalue weighted by Gasteiger charge is 2.30. The van der Waals surface area contributed by atoms with E-state index in [0.29, 0.717) is 29.7 Å². The number of H-pyrrole nitrogens is 1. The molecule has 1 aliphatic rings. The molecule has 1 atom stereocenters. The van der Waals surface area contributed by atoms with Crippen molar-refractivity contribution in [2.75, 3.05) is 6.54 Å². The molecule has 1 fully saturated rings. The van der Waals surface area contributed by atoms with E-state index in [1.807, 2.05) is 41.3 Å². The fourth-order valence-electron chi connectivity index (χ4n) is 4.05. The van der Waals surface area contributed by atoms with E-state index in [9.17, 15) is 9.59 Å². The molecular weight excluding hydrogens is 398 g/mol. The number of nitrogens with zero attached hydrogens (tertiary/aromatic N) is 4. The van der Waals surface area contributed by atoms with Crippen LogP contribution in [-0.2, 0) is 11.2 Å². The number of rotatable bonds is 5. The molecule has 0 saturated carbocycles. The first-order valence-electron chi connectivity index (χ1n) is 10.1. The minimum atomic E-state index is -0.234. The second-order valence-electron chi connectivity index (χ2n) is 7.40. The molecule has 1 aliphatic heterocycles. The van der Waals surface area contributed by atoms with Gasteiger partial charge in [0.15, 0.2) is 5.65 Å². The molecule has 152 valence electrons.